The summed E-state index contributed by atoms with van der Waals surface area (Å²) in [6.07, 6.45) is 6.33. The number of rotatable bonds is 7. The zero-order chi connectivity index (χ0) is 16.9. The van der Waals surface area contributed by atoms with Crippen LogP contribution < -0.4 is 10.2 Å². The van der Waals surface area contributed by atoms with Crippen molar-refractivity contribution in [2.75, 3.05) is 36.5 Å². The number of nitrogens with one attached hydrogen (secondary N) is 1. The molecule has 3 rings (SSSR count). The Morgan fingerprint density at radius 1 is 1.29 bits per heavy atom. The Labute approximate surface area is 144 Å². The number of hydrogen-bond acceptors (Lipinski definition) is 3. The van der Waals surface area contributed by atoms with Crippen LogP contribution in [0.25, 0.3) is 0 Å². The van der Waals surface area contributed by atoms with Gasteiger partial charge in [-0.2, -0.15) is 0 Å². The minimum atomic E-state index is -0.00698. The van der Waals surface area contributed by atoms with Gasteiger partial charge in [-0.25, -0.2) is 4.79 Å². The van der Waals surface area contributed by atoms with Crippen molar-refractivity contribution in [2.45, 2.75) is 51.5 Å². The van der Waals surface area contributed by atoms with Gasteiger partial charge >= 0.3 is 6.03 Å². The van der Waals surface area contributed by atoms with E-state index in [1.54, 1.807) is 0 Å². The van der Waals surface area contributed by atoms with Crippen LogP contribution in [0.3, 0.4) is 0 Å². The third-order valence-electron chi connectivity index (χ3n) is 4.98. The Balaban J connectivity index is 1.62. The number of anilines is 2. The molecule has 1 aromatic rings. The number of urea groups is 1. The first-order valence-corrected chi connectivity index (χ1v) is 9.23. The number of aliphatic hydroxyl groups is 1. The number of aliphatic hydroxyl groups excluding tert-OH is 1. The summed E-state index contributed by atoms with van der Waals surface area (Å²) in [6.45, 7) is 5.23. The minimum absolute atomic E-state index is 0.00698. The van der Waals surface area contributed by atoms with E-state index in [1.807, 2.05) is 11.0 Å². The normalized spacial score (nSPS) is 17.2. The standard InChI is InChI=1S/C19H29N3O2/c1-15-14-17(21-10-2-3-11-21)8-9-18(15)20-19(24)22(16-6-7-16)12-4-5-13-23/h8-9,14,16,23H,2-7,10-13H2,1H3,(H,20,24). The second kappa shape index (κ2) is 7.88. The molecule has 2 N–H and O–H groups in total. The third-order valence-corrected chi connectivity index (χ3v) is 4.98. The summed E-state index contributed by atoms with van der Waals surface area (Å²) in [5.74, 6) is 0. The number of carbonyl (C=O) groups excluding carboxylic acids is 1. The van der Waals surface area contributed by atoms with Crippen molar-refractivity contribution in [3.63, 3.8) is 0 Å². The molecule has 0 unspecified atom stereocenters. The molecule has 0 bridgehead atoms. The number of carbonyl (C=O) groups is 1. The van der Waals surface area contributed by atoms with Crippen LogP contribution in [-0.2, 0) is 0 Å². The second-order valence-corrected chi connectivity index (χ2v) is 6.98. The summed E-state index contributed by atoms with van der Waals surface area (Å²) < 4.78 is 0. The molecule has 5 heteroatoms. The number of benzene rings is 1. The van der Waals surface area contributed by atoms with Crippen LogP contribution in [0, 0.1) is 6.92 Å². The quantitative estimate of drug-likeness (QED) is 0.753. The van der Waals surface area contributed by atoms with Gasteiger partial charge in [0.2, 0.25) is 0 Å². The minimum Gasteiger partial charge on any atom is -0.396 e. The summed E-state index contributed by atoms with van der Waals surface area (Å²) in [5.41, 5.74) is 3.26. The lowest BCUT2D eigenvalue weighted by Crippen LogP contribution is -2.37. The number of unbranched alkanes of at least 4 members (excludes halogenated alkanes) is 1. The molecule has 1 saturated heterocycles. The topological polar surface area (TPSA) is 55.8 Å². The molecular weight excluding hydrogens is 302 g/mol. The van der Waals surface area contributed by atoms with E-state index in [4.69, 9.17) is 5.11 Å². The predicted molar refractivity (Wildman–Crippen MR) is 97.7 cm³/mol. The average molecular weight is 331 g/mol. The molecule has 132 valence electrons. The Bertz CT molecular complexity index is 566. The lowest BCUT2D eigenvalue weighted by atomic mass is 10.1. The van der Waals surface area contributed by atoms with Crippen LogP contribution in [0.15, 0.2) is 18.2 Å². The maximum atomic E-state index is 12.6. The lowest BCUT2D eigenvalue weighted by Gasteiger charge is -2.24. The summed E-state index contributed by atoms with van der Waals surface area (Å²) in [7, 11) is 0. The van der Waals surface area contributed by atoms with E-state index >= 15 is 0 Å². The third kappa shape index (κ3) is 4.20. The van der Waals surface area contributed by atoms with Crippen LogP contribution in [0.2, 0.25) is 0 Å². The molecular formula is C19H29N3O2. The fraction of sp³-hybridized carbons (Fsp3) is 0.632. The highest BCUT2D eigenvalue weighted by atomic mass is 16.3. The highest BCUT2D eigenvalue weighted by Crippen LogP contribution is 2.29. The number of aryl methyl sites for hydroxylation is 1. The molecule has 1 aliphatic heterocycles. The fourth-order valence-corrected chi connectivity index (χ4v) is 3.38. The van der Waals surface area contributed by atoms with Gasteiger partial charge in [-0.3, -0.25) is 0 Å². The van der Waals surface area contributed by atoms with E-state index in [-0.39, 0.29) is 12.6 Å². The molecule has 24 heavy (non-hydrogen) atoms. The Morgan fingerprint density at radius 3 is 2.67 bits per heavy atom. The van der Waals surface area contributed by atoms with Crippen LogP contribution in [0.1, 0.15) is 44.1 Å². The van der Waals surface area contributed by atoms with Crippen molar-refractivity contribution >= 4 is 17.4 Å². The zero-order valence-electron chi connectivity index (χ0n) is 14.6. The maximum absolute atomic E-state index is 12.6. The summed E-state index contributed by atoms with van der Waals surface area (Å²) in [5, 5.41) is 12.0. The van der Waals surface area contributed by atoms with E-state index in [1.165, 1.54) is 18.5 Å². The van der Waals surface area contributed by atoms with Gasteiger partial charge in [0.1, 0.15) is 0 Å². The molecule has 0 atom stereocenters. The van der Waals surface area contributed by atoms with Crippen molar-refractivity contribution in [1.82, 2.24) is 4.90 Å². The molecule has 0 radical (unpaired) electrons. The van der Waals surface area contributed by atoms with Crippen molar-refractivity contribution in [2.24, 2.45) is 0 Å². The molecule has 2 aliphatic rings. The van der Waals surface area contributed by atoms with Gasteiger partial charge in [0, 0.05) is 43.7 Å². The van der Waals surface area contributed by atoms with E-state index in [9.17, 15) is 4.79 Å². The van der Waals surface area contributed by atoms with Crippen LogP contribution in [0.5, 0.6) is 0 Å². The van der Waals surface area contributed by atoms with E-state index < -0.39 is 0 Å². The highest BCUT2D eigenvalue weighted by molar-refractivity contribution is 5.91. The second-order valence-electron chi connectivity index (χ2n) is 6.98. The molecule has 1 aliphatic carbocycles. The molecule has 1 heterocycles. The van der Waals surface area contributed by atoms with Gasteiger partial charge in [0.25, 0.3) is 0 Å². The van der Waals surface area contributed by atoms with Gasteiger partial charge in [0.05, 0.1) is 0 Å². The van der Waals surface area contributed by atoms with Crippen molar-refractivity contribution < 1.29 is 9.90 Å². The van der Waals surface area contributed by atoms with Crippen molar-refractivity contribution in [3.8, 4) is 0 Å². The fourth-order valence-electron chi connectivity index (χ4n) is 3.38. The van der Waals surface area contributed by atoms with Crippen LogP contribution in [0.4, 0.5) is 16.2 Å². The van der Waals surface area contributed by atoms with Gasteiger partial charge in [-0.15, -0.1) is 0 Å². The molecule has 1 saturated carbocycles. The monoisotopic (exact) mass is 331 g/mol. The Morgan fingerprint density at radius 2 is 2.04 bits per heavy atom. The first kappa shape index (κ1) is 17.1. The lowest BCUT2D eigenvalue weighted by molar-refractivity contribution is 0.204. The van der Waals surface area contributed by atoms with E-state index in [0.717, 1.165) is 56.6 Å². The first-order chi connectivity index (χ1) is 11.7. The van der Waals surface area contributed by atoms with Crippen LogP contribution in [-0.4, -0.2) is 48.3 Å². The van der Waals surface area contributed by atoms with E-state index in [0.29, 0.717) is 6.04 Å². The number of hydrogen-bond donors (Lipinski definition) is 2. The summed E-state index contributed by atoms with van der Waals surface area (Å²) in [4.78, 5) is 17.0. The summed E-state index contributed by atoms with van der Waals surface area (Å²) >= 11 is 0. The van der Waals surface area contributed by atoms with Gasteiger partial charge in [0.15, 0.2) is 0 Å². The van der Waals surface area contributed by atoms with Gasteiger partial charge < -0.3 is 20.2 Å². The molecule has 1 aromatic carbocycles. The number of nitrogens with zero attached hydrogens (tertiary/aromatic N) is 2. The highest BCUT2D eigenvalue weighted by Gasteiger charge is 2.32. The van der Waals surface area contributed by atoms with Gasteiger partial charge in [-0.05, 0) is 69.2 Å². The van der Waals surface area contributed by atoms with Crippen LogP contribution >= 0.6 is 0 Å². The predicted octanol–water partition coefficient (Wildman–Crippen LogP) is 3.36. The molecule has 2 fully saturated rings. The molecule has 2 amide bonds. The average Bonchev–Trinajstić information content (AvgIpc) is 3.26. The molecule has 0 aromatic heterocycles. The smallest absolute Gasteiger partial charge is 0.322 e. The zero-order valence-corrected chi connectivity index (χ0v) is 14.6. The maximum Gasteiger partial charge on any atom is 0.322 e. The molecule has 5 nitrogen and oxygen atoms in total. The summed E-state index contributed by atoms with van der Waals surface area (Å²) in [6, 6.07) is 6.69. The Hall–Kier alpha value is -1.75. The first-order valence-electron chi connectivity index (χ1n) is 9.23. The largest absolute Gasteiger partial charge is 0.396 e. The Kier molecular flexibility index (Phi) is 5.61. The number of amides is 2. The van der Waals surface area contributed by atoms with Crippen molar-refractivity contribution in [3.05, 3.63) is 23.8 Å². The van der Waals surface area contributed by atoms with E-state index in [2.05, 4.69) is 29.3 Å². The van der Waals surface area contributed by atoms with Crippen molar-refractivity contribution in [1.29, 1.82) is 0 Å². The SMILES string of the molecule is Cc1cc(N2CCCC2)ccc1NC(=O)N(CCCCO)C1CC1. The van der Waals surface area contributed by atoms with Gasteiger partial charge in [-0.1, -0.05) is 0 Å². The molecule has 0 spiro atoms.